The Labute approximate surface area is 129 Å². The maximum Gasteiger partial charge on any atom is 0.264 e. The molecule has 6 heteroatoms. The zero-order valence-corrected chi connectivity index (χ0v) is 13.2. The molecule has 0 bridgehead atoms. The highest BCUT2D eigenvalue weighted by Gasteiger charge is 2.29. The highest BCUT2D eigenvalue weighted by molar-refractivity contribution is 8.00. The summed E-state index contributed by atoms with van der Waals surface area (Å²) in [5, 5.41) is 0. The van der Waals surface area contributed by atoms with E-state index in [1.165, 1.54) is 4.31 Å². The summed E-state index contributed by atoms with van der Waals surface area (Å²) < 4.78 is 27.2. The van der Waals surface area contributed by atoms with E-state index in [1.807, 2.05) is 25.1 Å². The molecule has 21 heavy (non-hydrogen) atoms. The minimum absolute atomic E-state index is 0.313. The molecule has 0 saturated heterocycles. The number of rotatable bonds is 2. The molecule has 2 aromatic rings. The van der Waals surface area contributed by atoms with E-state index in [-0.39, 0.29) is 0 Å². The Balaban J connectivity index is 2.09. The number of aryl methyl sites for hydroxylation is 1. The van der Waals surface area contributed by atoms with Gasteiger partial charge in [0.15, 0.2) is 0 Å². The summed E-state index contributed by atoms with van der Waals surface area (Å²) in [6, 6.07) is 12.3. The summed E-state index contributed by atoms with van der Waals surface area (Å²) in [7, 11) is -3.54. The molecule has 0 aromatic heterocycles. The monoisotopic (exact) mass is 320 g/mol. The van der Waals surface area contributed by atoms with Crippen molar-refractivity contribution in [2.75, 3.05) is 22.3 Å². The third-order valence-corrected chi connectivity index (χ3v) is 6.28. The van der Waals surface area contributed by atoms with Crippen LogP contribution in [0.1, 0.15) is 5.56 Å². The van der Waals surface area contributed by atoms with E-state index >= 15 is 0 Å². The Hall–Kier alpha value is -1.66. The quantitative estimate of drug-likeness (QED) is 0.864. The van der Waals surface area contributed by atoms with Gasteiger partial charge in [0.1, 0.15) is 0 Å². The molecule has 0 amide bonds. The molecule has 1 aliphatic heterocycles. The average Bonchev–Trinajstić information content (AvgIpc) is 2.47. The lowest BCUT2D eigenvalue weighted by atomic mass is 10.2. The Bertz CT molecular complexity index is 771. The highest BCUT2D eigenvalue weighted by Crippen LogP contribution is 2.38. The van der Waals surface area contributed by atoms with Crippen molar-refractivity contribution >= 4 is 33.2 Å². The number of nitrogen functional groups attached to an aromatic ring is 1. The van der Waals surface area contributed by atoms with E-state index in [0.717, 1.165) is 16.2 Å². The van der Waals surface area contributed by atoms with Crippen LogP contribution in [0.5, 0.6) is 0 Å². The van der Waals surface area contributed by atoms with Gasteiger partial charge in [-0.2, -0.15) is 0 Å². The Morgan fingerprint density at radius 3 is 2.57 bits per heavy atom. The molecule has 0 fully saturated rings. The number of fused-ring (bicyclic) bond motifs is 1. The largest absolute Gasteiger partial charge is 0.399 e. The van der Waals surface area contributed by atoms with Gasteiger partial charge in [0.05, 0.1) is 10.6 Å². The first kappa shape index (κ1) is 14.3. The fourth-order valence-corrected chi connectivity index (χ4v) is 4.92. The molecule has 0 spiro atoms. The van der Waals surface area contributed by atoms with E-state index < -0.39 is 10.0 Å². The third kappa shape index (κ3) is 2.61. The van der Waals surface area contributed by atoms with Crippen LogP contribution in [0.3, 0.4) is 0 Å². The average molecular weight is 320 g/mol. The van der Waals surface area contributed by atoms with E-state index in [2.05, 4.69) is 0 Å². The molecule has 0 atom stereocenters. The van der Waals surface area contributed by atoms with Crippen LogP contribution in [-0.2, 0) is 10.0 Å². The van der Waals surface area contributed by atoms with Crippen LogP contribution in [0.2, 0.25) is 0 Å². The summed E-state index contributed by atoms with van der Waals surface area (Å²) in [6.07, 6.45) is 0. The van der Waals surface area contributed by atoms with Gasteiger partial charge in [0.2, 0.25) is 0 Å². The fraction of sp³-hybridized carbons (Fsp3) is 0.200. The maximum absolute atomic E-state index is 12.8. The predicted molar refractivity (Wildman–Crippen MR) is 87.3 cm³/mol. The minimum atomic E-state index is -3.54. The van der Waals surface area contributed by atoms with Crippen molar-refractivity contribution in [1.29, 1.82) is 0 Å². The number of thioether (sulfide) groups is 1. The molecule has 2 aromatic carbocycles. The predicted octanol–water partition coefficient (Wildman–Crippen LogP) is 2.88. The number of nitrogens with zero attached hydrogens (tertiary/aromatic N) is 1. The molecular weight excluding hydrogens is 304 g/mol. The Morgan fingerprint density at radius 2 is 1.86 bits per heavy atom. The van der Waals surface area contributed by atoms with Crippen LogP contribution >= 0.6 is 11.8 Å². The second kappa shape index (κ2) is 5.27. The molecule has 110 valence electrons. The number of sulfonamides is 1. The van der Waals surface area contributed by atoms with Gasteiger partial charge in [-0.25, -0.2) is 8.42 Å². The molecular formula is C15H16N2O2S2. The molecule has 0 aliphatic carbocycles. The zero-order valence-electron chi connectivity index (χ0n) is 11.6. The third-order valence-electron chi connectivity index (χ3n) is 3.41. The number of hydrogen-bond acceptors (Lipinski definition) is 4. The van der Waals surface area contributed by atoms with E-state index in [4.69, 9.17) is 5.73 Å². The number of benzene rings is 2. The highest BCUT2D eigenvalue weighted by atomic mass is 32.2. The molecule has 1 aliphatic rings. The number of nitrogens with two attached hydrogens (primary N) is 1. The van der Waals surface area contributed by atoms with Gasteiger partial charge in [-0.05, 0) is 37.3 Å². The number of anilines is 2. The lowest BCUT2D eigenvalue weighted by Crippen LogP contribution is -2.35. The molecule has 4 nitrogen and oxygen atoms in total. The molecule has 1 heterocycles. The maximum atomic E-state index is 12.8. The topological polar surface area (TPSA) is 63.4 Å². The molecule has 3 rings (SSSR count). The fourth-order valence-electron chi connectivity index (χ4n) is 2.30. The lowest BCUT2D eigenvalue weighted by molar-refractivity contribution is 0.591. The summed E-state index contributed by atoms with van der Waals surface area (Å²) in [6.45, 7) is 2.39. The van der Waals surface area contributed by atoms with E-state index in [1.54, 1.807) is 36.0 Å². The van der Waals surface area contributed by atoms with Gasteiger partial charge < -0.3 is 5.73 Å². The van der Waals surface area contributed by atoms with Crippen LogP contribution in [0, 0.1) is 6.92 Å². The first-order valence-electron chi connectivity index (χ1n) is 6.60. The van der Waals surface area contributed by atoms with Crippen molar-refractivity contribution in [2.45, 2.75) is 16.7 Å². The summed E-state index contributed by atoms with van der Waals surface area (Å²) in [4.78, 5) is 1.26. The lowest BCUT2D eigenvalue weighted by Gasteiger charge is -2.30. The second-order valence-corrected chi connectivity index (χ2v) is 7.96. The van der Waals surface area contributed by atoms with Crippen LogP contribution in [0.25, 0.3) is 0 Å². The first-order chi connectivity index (χ1) is 9.98. The van der Waals surface area contributed by atoms with Gasteiger partial charge in [-0.1, -0.05) is 17.7 Å². The van der Waals surface area contributed by atoms with E-state index in [9.17, 15) is 8.42 Å². The van der Waals surface area contributed by atoms with Crippen LogP contribution in [0.4, 0.5) is 11.4 Å². The van der Waals surface area contributed by atoms with Gasteiger partial charge in [0, 0.05) is 22.9 Å². The van der Waals surface area contributed by atoms with Gasteiger partial charge >= 0.3 is 0 Å². The van der Waals surface area contributed by atoms with Crippen molar-refractivity contribution in [2.24, 2.45) is 0 Å². The van der Waals surface area contributed by atoms with Crippen LogP contribution in [-0.4, -0.2) is 20.7 Å². The Morgan fingerprint density at radius 1 is 1.14 bits per heavy atom. The SMILES string of the molecule is Cc1ccc(S(=O)(=O)N2CCSc3ccc(N)cc32)cc1. The first-order valence-corrected chi connectivity index (χ1v) is 9.03. The van der Waals surface area contributed by atoms with Crippen molar-refractivity contribution < 1.29 is 8.42 Å². The van der Waals surface area contributed by atoms with Crippen molar-refractivity contribution in [3.05, 3.63) is 48.0 Å². The van der Waals surface area contributed by atoms with Crippen molar-refractivity contribution in [1.82, 2.24) is 0 Å². The van der Waals surface area contributed by atoms with Crippen LogP contribution < -0.4 is 10.0 Å². The minimum Gasteiger partial charge on any atom is -0.399 e. The van der Waals surface area contributed by atoms with E-state index in [0.29, 0.717) is 22.8 Å². The molecule has 0 radical (unpaired) electrons. The zero-order chi connectivity index (χ0) is 15.0. The van der Waals surface area contributed by atoms with Gasteiger partial charge in [0.25, 0.3) is 10.0 Å². The molecule has 0 unspecified atom stereocenters. The standard InChI is InChI=1S/C15H16N2O2S2/c1-11-2-5-13(6-3-11)21(18,19)17-8-9-20-15-7-4-12(16)10-14(15)17/h2-7,10H,8-9,16H2,1H3. The number of hydrogen-bond donors (Lipinski definition) is 1. The van der Waals surface area contributed by atoms with Crippen molar-refractivity contribution in [3.8, 4) is 0 Å². The van der Waals surface area contributed by atoms with Crippen LogP contribution in [0.15, 0.2) is 52.3 Å². The summed E-state index contributed by atoms with van der Waals surface area (Å²) in [5.41, 5.74) is 8.09. The second-order valence-electron chi connectivity index (χ2n) is 4.97. The van der Waals surface area contributed by atoms with Crippen molar-refractivity contribution in [3.63, 3.8) is 0 Å². The molecule has 2 N–H and O–H groups in total. The Kier molecular flexibility index (Phi) is 3.59. The van der Waals surface area contributed by atoms with Gasteiger partial charge in [-0.15, -0.1) is 11.8 Å². The molecule has 0 saturated carbocycles. The summed E-state index contributed by atoms with van der Waals surface area (Å²) >= 11 is 1.65. The normalized spacial score (nSPS) is 14.8. The summed E-state index contributed by atoms with van der Waals surface area (Å²) in [5.74, 6) is 0.738. The van der Waals surface area contributed by atoms with Gasteiger partial charge in [-0.3, -0.25) is 4.31 Å². The smallest absolute Gasteiger partial charge is 0.264 e.